The number of benzene rings is 3. The highest BCUT2D eigenvalue weighted by atomic mass is 35.5. The second kappa shape index (κ2) is 13.9. The normalized spacial score (nSPS) is 15.1. The van der Waals surface area contributed by atoms with Crippen molar-refractivity contribution in [1.82, 2.24) is 4.98 Å². The Kier molecular flexibility index (Phi) is 9.96. The number of hydrogen-bond donors (Lipinski definition) is 1. The number of aromatic nitrogens is 1. The van der Waals surface area contributed by atoms with Gasteiger partial charge in [-0.25, -0.2) is 9.78 Å². The molecule has 1 N–H and O–H groups in total. The van der Waals surface area contributed by atoms with Gasteiger partial charge in [0.1, 0.15) is 5.75 Å². The molecule has 9 nitrogen and oxygen atoms in total. The number of nitrogens with one attached hydrogen (secondary N) is 1. The third kappa shape index (κ3) is 7.15. The number of pyridine rings is 1. The minimum Gasteiger partial charge on any atom is -0.495 e. The second-order valence-corrected chi connectivity index (χ2v) is 12.8. The van der Waals surface area contributed by atoms with Gasteiger partial charge in [0.15, 0.2) is 18.1 Å². The molecular formula is C37H39ClN2O7. The number of ether oxygens (including phenoxy) is 5. The summed E-state index contributed by atoms with van der Waals surface area (Å²) in [6, 6.07) is 16.1. The Bertz CT molecular complexity index is 1840. The van der Waals surface area contributed by atoms with Crippen molar-refractivity contribution in [3.63, 3.8) is 0 Å². The summed E-state index contributed by atoms with van der Waals surface area (Å²) in [7, 11) is 6.22. The standard InChI is InChI=1S/C37H39ClN2O7/c1-37(2,3)23-17-22(14-21-15-30(44-5)35(46-7)31(16-21)45-6)34-26(18-23)33(25-10-8-9-11-27(25)40-34)36(42)47-20-32(41)39-28-19-24(38)12-13-29(28)43-4/h8-16,19,23H,17-18,20H2,1-7H3,(H,39,41)/b22-14-/t23-/m0/s1. The van der Waals surface area contributed by atoms with Crippen LogP contribution in [0, 0.1) is 11.3 Å². The number of esters is 1. The molecule has 1 aliphatic carbocycles. The number of para-hydroxylation sites is 1. The lowest BCUT2D eigenvalue weighted by Gasteiger charge is -2.36. The summed E-state index contributed by atoms with van der Waals surface area (Å²) >= 11 is 6.12. The Morgan fingerprint density at radius 1 is 0.915 bits per heavy atom. The van der Waals surface area contributed by atoms with Gasteiger partial charge in [-0.15, -0.1) is 0 Å². The largest absolute Gasteiger partial charge is 0.495 e. The van der Waals surface area contributed by atoms with Crippen LogP contribution in [0.15, 0.2) is 54.6 Å². The molecule has 3 aromatic carbocycles. The molecule has 0 spiro atoms. The molecule has 0 fully saturated rings. The van der Waals surface area contributed by atoms with E-state index in [2.05, 4.69) is 32.2 Å². The summed E-state index contributed by atoms with van der Waals surface area (Å²) in [6.45, 7) is 6.08. The number of carbonyl (C=O) groups excluding carboxylic acids is 2. The van der Waals surface area contributed by atoms with E-state index in [4.69, 9.17) is 40.3 Å². The fourth-order valence-corrected chi connectivity index (χ4v) is 6.09. The fourth-order valence-electron chi connectivity index (χ4n) is 5.92. The van der Waals surface area contributed by atoms with Crippen LogP contribution in [0.2, 0.25) is 5.02 Å². The smallest absolute Gasteiger partial charge is 0.339 e. The number of amides is 1. The van der Waals surface area contributed by atoms with Crippen LogP contribution in [0.3, 0.4) is 0 Å². The van der Waals surface area contributed by atoms with Gasteiger partial charge in [-0.3, -0.25) is 4.79 Å². The first-order valence-electron chi connectivity index (χ1n) is 15.2. The van der Waals surface area contributed by atoms with E-state index < -0.39 is 18.5 Å². The molecule has 1 atom stereocenters. The van der Waals surface area contributed by atoms with E-state index >= 15 is 0 Å². The van der Waals surface area contributed by atoms with Crippen LogP contribution < -0.4 is 24.3 Å². The summed E-state index contributed by atoms with van der Waals surface area (Å²) in [4.78, 5) is 32.0. The molecule has 4 aromatic rings. The summed E-state index contributed by atoms with van der Waals surface area (Å²) in [5.74, 6) is 1.05. The van der Waals surface area contributed by atoms with Crippen LogP contribution in [-0.2, 0) is 16.0 Å². The van der Waals surface area contributed by atoms with Crippen molar-refractivity contribution in [2.75, 3.05) is 40.4 Å². The molecule has 1 heterocycles. The maximum absolute atomic E-state index is 14.0. The average molecular weight is 659 g/mol. The van der Waals surface area contributed by atoms with E-state index in [9.17, 15) is 9.59 Å². The van der Waals surface area contributed by atoms with Crippen LogP contribution in [0.5, 0.6) is 23.0 Å². The SMILES string of the molecule is COc1ccc(Cl)cc1NC(=O)COC(=O)c1c2c(nc3ccccc13)/C(=C\c1cc(OC)c(OC)c(OC)c1)C[C@H](C(C)(C)C)C2. The zero-order valence-electron chi connectivity index (χ0n) is 27.7. The molecule has 0 bridgehead atoms. The molecule has 1 amide bonds. The van der Waals surface area contributed by atoms with Crippen molar-refractivity contribution in [3.05, 3.63) is 82.0 Å². The first kappa shape index (κ1) is 33.6. The van der Waals surface area contributed by atoms with Gasteiger partial charge in [0.2, 0.25) is 5.75 Å². The van der Waals surface area contributed by atoms with Gasteiger partial charge in [0, 0.05) is 10.4 Å². The summed E-state index contributed by atoms with van der Waals surface area (Å²) < 4.78 is 27.7. The lowest BCUT2D eigenvalue weighted by molar-refractivity contribution is -0.119. The highest BCUT2D eigenvalue weighted by molar-refractivity contribution is 6.31. The molecule has 5 rings (SSSR count). The monoisotopic (exact) mass is 658 g/mol. The number of hydrogen-bond acceptors (Lipinski definition) is 8. The molecule has 1 aliphatic rings. The van der Waals surface area contributed by atoms with E-state index in [-0.39, 0.29) is 11.3 Å². The zero-order valence-corrected chi connectivity index (χ0v) is 28.4. The van der Waals surface area contributed by atoms with Crippen molar-refractivity contribution < 1.29 is 33.3 Å². The van der Waals surface area contributed by atoms with Crippen molar-refractivity contribution >= 4 is 51.7 Å². The number of anilines is 1. The predicted octanol–water partition coefficient (Wildman–Crippen LogP) is 7.87. The summed E-state index contributed by atoms with van der Waals surface area (Å²) in [5.41, 5.74) is 4.65. The van der Waals surface area contributed by atoms with Crippen LogP contribution in [0.25, 0.3) is 22.6 Å². The van der Waals surface area contributed by atoms with E-state index in [0.717, 1.165) is 28.8 Å². The molecule has 0 saturated heterocycles. The molecule has 0 radical (unpaired) electrons. The minimum absolute atomic E-state index is 0.0885. The van der Waals surface area contributed by atoms with Gasteiger partial charge in [-0.05, 0) is 83.3 Å². The number of allylic oxidation sites excluding steroid dienone is 1. The van der Waals surface area contributed by atoms with Crippen molar-refractivity contribution in [2.45, 2.75) is 33.6 Å². The molecule has 0 unspecified atom stereocenters. The van der Waals surface area contributed by atoms with Crippen LogP contribution in [0.1, 0.15) is 54.4 Å². The fraction of sp³-hybridized carbons (Fsp3) is 0.324. The highest BCUT2D eigenvalue weighted by Crippen LogP contribution is 2.46. The van der Waals surface area contributed by atoms with Gasteiger partial charge in [0.05, 0.1) is 50.9 Å². The third-order valence-electron chi connectivity index (χ3n) is 8.44. The van der Waals surface area contributed by atoms with Crippen LogP contribution in [-0.4, -0.2) is 51.9 Å². The first-order chi connectivity index (χ1) is 22.5. The number of methoxy groups -OCH3 is 4. The molecule has 246 valence electrons. The summed E-state index contributed by atoms with van der Waals surface area (Å²) in [6.07, 6.45) is 3.40. The number of fused-ring (bicyclic) bond motifs is 2. The number of rotatable bonds is 9. The molecule has 1 aromatic heterocycles. The van der Waals surface area contributed by atoms with Gasteiger partial charge in [-0.2, -0.15) is 0 Å². The van der Waals surface area contributed by atoms with Gasteiger partial charge in [0.25, 0.3) is 5.91 Å². The minimum atomic E-state index is -0.602. The third-order valence-corrected chi connectivity index (χ3v) is 8.68. The van der Waals surface area contributed by atoms with Crippen LogP contribution >= 0.6 is 11.6 Å². The Morgan fingerprint density at radius 2 is 1.60 bits per heavy atom. The predicted molar refractivity (Wildman–Crippen MR) is 184 cm³/mol. The average Bonchev–Trinajstić information content (AvgIpc) is 3.05. The zero-order chi connectivity index (χ0) is 33.9. The number of halogens is 1. The first-order valence-corrected chi connectivity index (χ1v) is 15.6. The van der Waals surface area contributed by atoms with E-state index in [1.54, 1.807) is 39.5 Å². The molecular weight excluding hydrogens is 620 g/mol. The van der Waals surface area contributed by atoms with Gasteiger partial charge in [-0.1, -0.05) is 50.6 Å². The molecule has 0 saturated carbocycles. The second-order valence-electron chi connectivity index (χ2n) is 12.4. The highest BCUT2D eigenvalue weighted by Gasteiger charge is 2.35. The van der Waals surface area contributed by atoms with Crippen molar-refractivity contribution in [3.8, 4) is 23.0 Å². The molecule has 0 aliphatic heterocycles. The van der Waals surface area contributed by atoms with Crippen LogP contribution in [0.4, 0.5) is 5.69 Å². The van der Waals surface area contributed by atoms with E-state index in [1.807, 2.05) is 36.4 Å². The van der Waals surface area contributed by atoms with Crippen molar-refractivity contribution in [1.29, 1.82) is 0 Å². The van der Waals surface area contributed by atoms with Crippen molar-refractivity contribution in [2.24, 2.45) is 11.3 Å². The quantitative estimate of drug-likeness (QED) is 0.181. The summed E-state index contributed by atoms with van der Waals surface area (Å²) in [5, 5.41) is 3.81. The van der Waals surface area contributed by atoms with Gasteiger partial charge >= 0.3 is 5.97 Å². The number of nitrogens with zero attached hydrogens (tertiary/aromatic N) is 1. The van der Waals surface area contributed by atoms with E-state index in [0.29, 0.717) is 56.6 Å². The lowest BCUT2D eigenvalue weighted by Crippen LogP contribution is -2.29. The Hall–Kier alpha value is -4.76. The molecule has 47 heavy (non-hydrogen) atoms. The van der Waals surface area contributed by atoms with E-state index in [1.165, 1.54) is 7.11 Å². The molecule has 10 heteroatoms. The Morgan fingerprint density at radius 3 is 2.23 bits per heavy atom. The maximum atomic E-state index is 14.0. The topological polar surface area (TPSA) is 105 Å². The Balaban J connectivity index is 1.58. The Labute approximate surface area is 279 Å². The lowest BCUT2D eigenvalue weighted by atomic mass is 9.69. The van der Waals surface area contributed by atoms with Gasteiger partial charge < -0.3 is 29.0 Å². The maximum Gasteiger partial charge on any atom is 0.339 e. The number of carbonyl (C=O) groups is 2.